The van der Waals surface area contributed by atoms with Gasteiger partial charge in [-0.2, -0.15) is 4.98 Å². The lowest BCUT2D eigenvalue weighted by atomic mass is 9.93. The molecule has 1 aliphatic heterocycles. The fourth-order valence-corrected chi connectivity index (χ4v) is 3.15. The van der Waals surface area contributed by atoms with E-state index >= 15 is 0 Å². The van der Waals surface area contributed by atoms with Crippen LogP contribution in [0.5, 0.6) is 0 Å². The van der Waals surface area contributed by atoms with Crippen LogP contribution in [-0.2, 0) is 16.6 Å². The first-order valence-electron chi connectivity index (χ1n) is 8.45. The van der Waals surface area contributed by atoms with E-state index in [1.165, 1.54) is 0 Å². The summed E-state index contributed by atoms with van der Waals surface area (Å²) in [7, 11) is 4.06. The van der Waals surface area contributed by atoms with Crippen LogP contribution in [0.15, 0.2) is 4.52 Å². The van der Waals surface area contributed by atoms with Crippen LogP contribution in [0.3, 0.4) is 0 Å². The molecule has 1 amide bonds. The second-order valence-electron chi connectivity index (χ2n) is 7.86. The number of likely N-dealkylation sites (tertiary alicyclic amines) is 1. The topological polar surface area (TPSA) is 62.5 Å². The molecule has 0 saturated carbocycles. The molecule has 2 atom stereocenters. The summed E-state index contributed by atoms with van der Waals surface area (Å²) in [6.45, 7) is 10.4. The number of amides is 1. The zero-order chi connectivity index (χ0) is 17.2. The number of piperidine rings is 1. The summed E-state index contributed by atoms with van der Waals surface area (Å²) in [4.78, 5) is 21.1. The van der Waals surface area contributed by atoms with Gasteiger partial charge >= 0.3 is 0 Å². The van der Waals surface area contributed by atoms with Crippen LogP contribution in [-0.4, -0.2) is 59.1 Å². The lowest BCUT2D eigenvalue weighted by molar-refractivity contribution is -0.134. The molecule has 1 aliphatic rings. The first-order valence-corrected chi connectivity index (χ1v) is 8.45. The van der Waals surface area contributed by atoms with Crippen LogP contribution >= 0.6 is 0 Å². The standard InChI is InChI=1S/C17H30N4O2/c1-12-11-20(5)10-9-13(12)21(6)15(22)8-7-14-18-16(19-23-14)17(2,3)4/h12-13H,7-11H2,1-6H3/t12-,13-/m1/s1. The molecule has 23 heavy (non-hydrogen) atoms. The normalized spacial score (nSPS) is 23.0. The Morgan fingerprint density at radius 3 is 2.70 bits per heavy atom. The van der Waals surface area contributed by atoms with Gasteiger partial charge in [0.05, 0.1) is 0 Å². The van der Waals surface area contributed by atoms with E-state index in [1.807, 2.05) is 32.7 Å². The van der Waals surface area contributed by atoms with Crippen molar-refractivity contribution in [1.82, 2.24) is 19.9 Å². The van der Waals surface area contributed by atoms with Crippen molar-refractivity contribution in [3.05, 3.63) is 11.7 Å². The van der Waals surface area contributed by atoms with E-state index in [0.717, 1.165) is 19.5 Å². The van der Waals surface area contributed by atoms with Crippen molar-refractivity contribution >= 4 is 5.91 Å². The predicted octanol–water partition coefficient (Wildman–Crippen LogP) is 2.10. The number of nitrogens with zero attached hydrogens (tertiary/aromatic N) is 4. The molecule has 1 aromatic heterocycles. The van der Waals surface area contributed by atoms with Crippen LogP contribution in [0.1, 0.15) is 52.3 Å². The molecule has 1 fully saturated rings. The van der Waals surface area contributed by atoms with Crippen LogP contribution in [0.25, 0.3) is 0 Å². The minimum absolute atomic E-state index is 0.133. The number of rotatable bonds is 4. The lowest BCUT2D eigenvalue weighted by Crippen LogP contribution is -2.49. The molecule has 6 heteroatoms. The highest BCUT2D eigenvalue weighted by Crippen LogP contribution is 2.22. The van der Waals surface area contributed by atoms with Crippen molar-refractivity contribution < 1.29 is 9.32 Å². The monoisotopic (exact) mass is 322 g/mol. The van der Waals surface area contributed by atoms with Crippen LogP contribution in [0, 0.1) is 5.92 Å². The quantitative estimate of drug-likeness (QED) is 0.849. The summed E-state index contributed by atoms with van der Waals surface area (Å²) in [5.74, 6) is 1.89. The smallest absolute Gasteiger partial charge is 0.227 e. The third-order valence-electron chi connectivity index (χ3n) is 4.65. The summed E-state index contributed by atoms with van der Waals surface area (Å²) in [5, 5.41) is 4.00. The van der Waals surface area contributed by atoms with Gasteiger partial charge in [-0.3, -0.25) is 4.79 Å². The molecular weight excluding hydrogens is 292 g/mol. The molecule has 0 radical (unpaired) electrons. The number of hydrogen-bond acceptors (Lipinski definition) is 5. The average Bonchev–Trinajstić information content (AvgIpc) is 2.93. The fraction of sp³-hybridized carbons (Fsp3) is 0.824. The molecule has 6 nitrogen and oxygen atoms in total. The first kappa shape index (κ1) is 17.9. The fourth-order valence-electron chi connectivity index (χ4n) is 3.15. The highest BCUT2D eigenvalue weighted by molar-refractivity contribution is 5.76. The van der Waals surface area contributed by atoms with E-state index < -0.39 is 0 Å². The van der Waals surface area contributed by atoms with Crippen LogP contribution < -0.4 is 0 Å². The van der Waals surface area contributed by atoms with Gasteiger partial charge in [-0.1, -0.05) is 32.9 Å². The molecule has 130 valence electrons. The molecular formula is C17H30N4O2. The molecule has 0 bridgehead atoms. The van der Waals surface area contributed by atoms with Crippen molar-refractivity contribution in [1.29, 1.82) is 0 Å². The average molecular weight is 322 g/mol. The number of hydrogen-bond donors (Lipinski definition) is 0. The molecule has 0 aliphatic carbocycles. The van der Waals surface area contributed by atoms with E-state index in [9.17, 15) is 4.79 Å². The summed E-state index contributed by atoms with van der Waals surface area (Å²) >= 11 is 0. The molecule has 1 saturated heterocycles. The summed E-state index contributed by atoms with van der Waals surface area (Å²) < 4.78 is 5.26. The van der Waals surface area contributed by atoms with Crippen molar-refractivity contribution in [2.45, 2.75) is 58.4 Å². The maximum Gasteiger partial charge on any atom is 0.227 e. The highest BCUT2D eigenvalue weighted by atomic mass is 16.5. The van der Waals surface area contributed by atoms with Crippen molar-refractivity contribution in [2.75, 3.05) is 27.2 Å². The number of carbonyl (C=O) groups excluding carboxylic acids is 1. The second-order valence-corrected chi connectivity index (χ2v) is 7.86. The van der Waals surface area contributed by atoms with Gasteiger partial charge in [0.2, 0.25) is 11.8 Å². The summed E-state index contributed by atoms with van der Waals surface area (Å²) in [6.07, 6.45) is 1.96. The van der Waals surface area contributed by atoms with Gasteiger partial charge in [0, 0.05) is 37.9 Å². The highest BCUT2D eigenvalue weighted by Gasteiger charge is 2.30. The Hall–Kier alpha value is -1.43. The molecule has 0 spiro atoms. The van der Waals surface area contributed by atoms with Gasteiger partial charge in [0.15, 0.2) is 5.82 Å². The van der Waals surface area contributed by atoms with Crippen molar-refractivity contribution in [3.8, 4) is 0 Å². The van der Waals surface area contributed by atoms with Gasteiger partial charge in [0.1, 0.15) is 0 Å². The van der Waals surface area contributed by atoms with Gasteiger partial charge in [-0.05, 0) is 25.9 Å². The zero-order valence-corrected chi connectivity index (χ0v) is 15.3. The molecule has 0 aromatic carbocycles. The lowest BCUT2D eigenvalue weighted by Gasteiger charge is -2.40. The van der Waals surface area contributed by atoms with Crippen molar-refractivity contribution in [2.24, 2.45) is 5.92 Å². The molecule has 1 aromatic rings. The molecule has 2 rings (SSSR count). The number of carbonyl (C=O) groups is 1. The third-order valence-corrected chi connectivity index (χ3v) is 4.65. The SMILES string of the molecule is C[C@@H]1CN(C)CC[C@H]1N(C)C(=O)CCc1nc(C(C)(C)C)no1. The zero-order valence-electron chi connectivity index (χ0n) is 15.3. The van der Waals surface area contributed by atoms with E-state index in [1.54, 1.807) is 0 Å². The van der Waals surface area contributed by atoms with Crippen LogP contribution in [0.4, 0.5) is 0 Å². The predicted molar refractivity (Wildman–Crippen MR) is 89.2 cm³/mol. The molecule has 2 heterocycles. The minimum atomic E-state index is -0.133. The maximum atomic E-state index is 12.5. The van der Waals surface area contributed by atoms with Gasteiger partial charge < -0.3 is 14.3 Å². The number of aromatic nitrogens is 2. The van der Waals surface area contributed by atoms with E-state index in [4.69, 9.17) is 4.52 Å². The third kappa shape index (κ3) is 4.53. The Morgan fingerprint density at radius 1 is 1.43 bits per heavy atom. The van der Waals surface area contributed by atoms with E-state index in [2.05, 4.69) is 29.0 Å². The maximum absolute atomic E-state index is 12.5. The Kier molecular flexibility index (Phi) is 5.45. The van der Waals surface area contributed by atoms with Crippen molar-refractivity contribution in [3.63, 3.8) is 0 Å². The Bertz CT molecular complexity index is 535. The van der Waals surface area contributed by atoms with E-state index in [0.29, 0.717) is 36.5 Å². The van der Waals surface area contributed by atoms with Crippen LogP contribution in [0.2, 0.25) is 0 Å². The summed E-state index contributed by atoms with van der Waals surface area (Å²) in [6, 6.07) is 0.325. The Balaban J connectivity index is 1.88. The molecule has 0 unspecified atom stereocenters. The van der Waals surface area contributed by atoms with Gasteiger partial charge in [0.25, 0.3) is 0 Å². The first-order chi connectivity index (χ1) is 10.7. The largest absolute Gasteiger partial charge is 0.342 e. The van der Waals surface area contributed by atoms with Gasteiger partial charge in [-0.15, -0.1) is 0 Å². The van der Waals surface area contributed by atoms with E-state index in [-0.39, 0.29) is 11.3 Å². The Morgan fingerprint density at radius 2 is 2.13 bits per heavy atom. The Labute approximate surface area is 139 Å². The minimum Gasteiger partial charge on any atom is -0.342 e. The second kappa shape index (κ2) is 6.99. The summed E-state index contributed by atoms with van der Waals surface area (Å²) in [5.41, 5.74) is -0.133. The molecule has 0 N–H and O–H groups in total. The number of aryl methyl sites for hydroxylation is 1. The van der Waals surface area contributed by atoms with Gasteiger partial charge in [-0.25, -0.2) is 0 Å².